The van der Waals surface area contributed by atoms with Crippen molar-refractivity contribution in [2.75, 3.05) is 26.1 Å². The SMILES string of the molecule is COc1ccc(NC(=O)C2CCC(=O)NC2)cc1OC. The fourth-order valence-corrected chi connectivity index (χ4v) is 2.11. The van der Waals surface area contributed by atoms with Gasteiger partial charge in [-0.15, -0.1) is 0 Å². The molecule has 0 aromatic heterocycles. The second kappa shape index (κ2) is 6.27. The molecule has 0 saturated carbocycles. The van der Waals surface area contributed by atoms with E-state index >= 15 is 0 Å². The Labute approximate surface area is 117 Å². The summed E-state index contributed by atoms with van der Waals surface area (Å²) in [4.78, 5) is 23.2. The lowest BCUT2D eigenvalue weighted by Gasteiger charge is -2.21. The largest absolute Gasteiger partial charge is 0.493 e. The Hall–Kier alpha value is -2.24. The second-order valence-electron chi connectivity index (χ2n) is 4.60. The molecule has 20 heavy (non-hydrogen) atoms. The van der Waals surface area contributed by atoms with Gasteiger partial charge in [-0.05, 0) is 18.6 Å². The van der Waals surface area contributed by atoms with Crippen molar-refractivity contribution in [2.24, 2.45) is 5.92 Å². The van der Waals surface area contributed by atoms with Gasteiger partial charge >= 0.3 is 0 Å². The Kier molecular flexibility index (Phi) is 4.45. The van der Waals surface area contributed by atoms with Gasteiger partial charge in [-0.1, -0.05) is 0 Å². The van der Waals surface area contributed by atoms with E-state index in [1.165, 1.54) is 0 Å². The van der Waals surface area contributed by atoms with E-state index in [-0.39, 0.29) is 17.7 Å². The quantitative estimate of drug-likeness (QED) is 0.866. The molecule has 108 valence electrons. The van der Waals surface area contributed by atoms with Gasteiger partial charge in [-0.2, -0.15) is 0 Å². The lowest BCUT2D eigenvalue weighted by Crippen LogP contribution is -2.40. The van der Waals surface area contributed by atoms with Crippen molar-refractivity contribution in [3.63, 3.8) is 0 Å². The Bertz CT molecular complexity index is 506. The summed E-state index contributed by atoms with van der Waals surface area (Å²) in [5.41, 5.74) is 0.643. The van der Waals surface area contributed by atoms with Crippen LogP contribution in [0.25, 0.3) is 0 Å². The van der Waals surface area contributed by atoms with Crippen molar-refractivity contribution in [2.45, 2.75) is 12.8 Å². The van der Waals surface area contributed by atoms with E-state index in [2.05, 4.69) is 10.6 Å². The topological polar surface area (TPSA) is 76.7 Å². The molecule has 1 aliphatic rings. The molecule has 0 bridgehead atoms. The highest BCUT2D eigenvalue weighted by Crippen LogP contribution is 2.30. The van der Waals surface area contributed by atoms with Crippen molar-refractivity contribution in [1.82, 2.24) is 5.32 Å². The van der Waals surface area contributed by atoms with Gasteiger partial charge in [0, 0.05) is 24.7 Å². The number of hydrogen-bond donors (Lipinski definition) is 2. The second-order valence-corrected chi connectivity index (χ2v) is 4.60. The number of benzene rings is 1. The summed E-state index contributed by atoms with van der Waals surface area (Å²) in [6, 6.07) is 5.19. The van der Waals surface area contributed by atoms with Gasteiger partial charge in [0.25, 0.3) is 0 Å². The highest BCUT2D eigenvalue weighted by molar-refractivity contribution is 5.94. The van der Waals surface area contributed by atoms with Crippen LogP contribution in [0.4, 0.5) is 5.69 Å². The summed E-state index contributed by atoms with van der Waals surface area (Å²) >= 11 is 0. The van der Waals surface area contributed by atoms with Crippen molar-refractivity contribution >= 4 is 17.5 Å². The normalized spacial score (nSPS) is 18.1. The summed E-state index contributed by atoms with van der Waals surface area (Å²) in [7, 11) is 3.10. The van der Waals surface area contributed by atoms with Crippen molar-refractivity contribution < 1.29 is 19.1 Å². The summed E-state index contributed by atoms with van der Waals surface area (Å²) in [5.74, 6) is 0.871. The van der Waals surface area contributed by atoms with Crippen LogP contribution in [0.2, 0.25) is 0 Å². The maximum atomic E-state index is 12.1. The Morgan fingerprint density at radius 3 is 2.65 bits per heavy atom. The smallest absolute Gasteiger partial charge is 0.229 e. The molecule has 1 aliphatic heterocycles. The molecule has 2 N–H and O–H groups in total. The molecule has 6 heteroatoms. The van der Waals surface area contributed by atoms with E-state index in [1.807, 2.05) is 0 Å². The summed E-state index contributed by atoms with van der Waals surface area (Å²) < 4.78 is 10.3. The molecule has 1 saturated heterocycles. The maximum absolute atomic E-state index is 12.1. The predicted octanol–water partition coefficient (Wildman–Crippen LogP) is 1.17. The number of anilines is 1. The number of carbonyl (C=O) groups excluding carboxylic acids is 2. The first kappa shape index (κ1) is 14.2. The molecular weight excluding hydrogens is 260 g/mol. The minimum absolute atomic E-state index is 0.000154. The van der Waals surface area contributed by atoms with Crippen molar-refractivity contribution in [1.29, 1.82) is 0 Å². The van der Waals surface area contributed by atoms with Gasteiger partial charge in [0.15, 0.2) is 11.5 Å². The Morgan fingerprint density at radius 1 is 1.30 bits per heavy atom. The van der Waals surface area contributed by atoms with Gasteiger partial charge in [-0.25, -0.2) is 0 Å². The molecule has 1 unspecified atom stereocenters. The zero-order valence-electron chi connectivity index (χ0n) is 11.6. The lowest BCUT2D eigenvalue weighted by atomic mass is 9.98. The first-order valence-electron chi connectivity index (χ1n) is 6.43. The summed E-state index contributed by atoms with van der Waals surface area (Å²) in [5, 5.41) is 5.52. The first-order valence-corrected chi connectivity index (χ1v) is 6.43. The number of carbonyl (C=O) groups is 2. The van der Waals surface area contributed by atoms with Gasteiger partial charge in [0.1, 0.15) is 0 Å². The van der Waals surface area contributed by atoms with Crippen LogP contribution in [0.3, 0.4) is 0 Å². The van der Waals surface area contributed by atoms with E-state index in [0.29, 0.717) is 36.6 Å². The number of hydrogen-bond acceptors (Lipinski definition) is 4. The van der Waals surface area contributed by atoms with Crippen LogP contribution < -0.4 is 20.1 Å². The number of methoxy groups -OCH3 is 2. The molecule has 1 aromatic rings. The monoisotopic (exact) mass is 278 g/mol. The zero-order valence-corrected chi connectivity index (χ0v) is 11.6. The number of rotatable bonds is 4. The van der Waals surface area contributed by atoms with E-state index in [4.69, 9.17) is 9.47 Å². The minimum atomic E-state index is -0.194. The van der Waals surface area contributed by atoms with E-state index in [0.717, 1.165) is 0 Å². The van der Waals surface area contributed by atoms with E-state index in [9.17, 15) is 9.59 Å². The maximum Gasteiger partial charge on any atom is 0.229 e. The van der Waals surface area contributed by atoms with Gasteiger partial charge in [0.2, 0.25) is 11.8 Å². The molecule has 0 radical (unpaired) electrons. The van der Waals surface area contributed by atoms with Crippen LogP contribution in [-0.2, 0) is 9.59 Å². The molecular formula is C14H18N2O4. The number of nitrogens with one attached hydrogen (secondary N) is 2. The number of ether oxygens (including phenoxy) is 2. The van der Waals surface area contributed by atoms with Crippen LogP contribution in [0.15, 0.2) is 18.2 Å². The summed E-state index contributed by atoms with van der Waals surface area (Å²) in [6.45, 7) is 0.387. The molecule has 1 aromatic carbocycles. The van der Waals surface area contributed by atoms with Crippen LogP contribution in [0, 0.1) is 5.92 Å². The van der Waals surface area contributed by atoms with Crippen LogP contribution >= 0.6 is 0 Å². The number of amides is 2. The van der Waals surface area contributed by atoms with Crippen molar-refractivity contribution in [3.05, 3.63) is 18.2 Å². The molecule has 0 aliphatic carbocycles. The fraction of sp³-hybridized carbons (Fsp3) is 0.429. The van der Waals surface area contributed by atoms with Gasteiger partial charge in [-0.3, -0.25) is 9.59 Å². The van der Waals surface area contributed by atoms with Crippen LogP contribution in [0.5, 0.6) is 11.5 Å². The molecule has 1 fully saturated rings. The average Bonchev–Trinajstić information content (AvgIpc) is 2.47. The van der Waals surface area contributed by atoms with Gasteiger partial charge < -0.3 is 20.1 Å². The minimum Gasteiger partial charge on any atom is -0.493 e. The lowest BCUT2D eigenvalue weighted by molar-refractivity contribution is -0.126. The average molecular weight is 278 g/mol. The molecule has 1 atom stereocenters. The Balaban J connectivity index is 2.02. The fourth-order valence-electron chi connectivity index (χ4n) is 2.11. The zero-order chi connectivity index (χ0) is 14.5. The third-order valence-corrected chi connectivity index (χ3v) is 3.29. The standard InChI is InChI=1S/C14H18N2O4/c1-19-11-5-4-10(7-12(11)20-2)16-14(18)9-3-6-13(17)15-8-9/h4-5,7,9H,3,6,8H2,1-2H3,(H,15,17)(H,16,18). The molecule has 1 heterocycles. The van der Waals surface area contributed by atoms with Crippen LogP contribution in [0.1, 0.15) is 12.8 Å². The van der Waals surface area contributed by atoms with Crippen LogP contribution in [-0.4, -0.2) is 32.6 Å². The van der Waals surface area contributed by atoms with Crippen molar-refractivity contribution in [3.8, 4) is 11.5 Å². The van der Waals surface area contributed by atoms with E-state index in [1.54, 1.807) is 32.4 Å². The molecule has 6 nitrogen and oxygen atoms in total. The third-order valence-electron chi connectivity index (χ3n) is 3.29. The molecule has 2 amide bonds. The molecule has 0 spiro atoms. The third kappa shape index (κ3) is 3.20. The highest BCUT2D eigenvalue weighted by atomic mass is 16.5. The first-order chi connectivity index (χ1) is 9.63. The summed E-state index contributed by atoms with van der Waals surface area (Å²) in [6.07, 6.45) is 0.967. The molecule has 2 rings (SSSR count). The Morgan fingerprint density at radius 2 is 2.05 bits per heavy atom. The van der Waals surface area contributed by atoms with Gasteiger partial charge in [0.05, 0.1) is 20.1 Å². The number of piperidine rings is 1. The highest BCUT2D eigenvalue weighted by Gasteiger charge is 2.24. The van der Waals surface area contributed by atoms with E-state index < -0.39 is 0 Å². The predicted molar refractivity (Wildman–Crippen MR) is 73.9 cm³/mol.